The van der Waals surface area contributed by atoms with E-state index in [0.29, 0.717) is 5.57 Å². The quantitative estimate of drug-likeness (QED) is 0.324. The molecule has 0 atom stereocenters. The first-order valence-electron chi connectivity index (χ1n) is 9.58. The summed E-state index contributed by atoms with van der Waals surface area (Å²) in [5.41, 5.74) is 6.09. The Morgan fingerprint density at radius 2 is 1.40 bits per heavy atom. The summed E-state index contributed by atoms with van der Waals surface area (Å²) < 4.78 is 0. The standard InChI is InChI=1S/C25H20N2O3/c1-17-3-9-20(10-4-17)24-16-21(15-19-7-13-23(14-8-19)27(29)30)25(28)26(24)22-11-5-18(2)6-12-22/h3-16H,1-2H3/b21-15+. The van der Waals surface area contributed by atoms with Crippen molar-refractivity contribution < 1.29 is 9.72 Å². The molecule has 0 bridgehead atoms. The SMILES string of the molecule is Cc1ccc(C2=C/C(=C\c3ccc([N+](=O)[O-])cc3)C(=O)N2c2ccc(C)cc2)cc1. The van der Waals surface area contributed by atoms with Gasteiger partial charge in [-0.2, -0.15) is 0 Å². The molecule has 1 aliphatic heterocycles. The van der Waals surface area contributed by atoms with Crippen molar-refractivity contribution in [1.82, 2.24) is 0 Å². The molecule has 0 saturated heterocycles. The summed E-state index contributed by atoms with van der Waals surface area (Å²) in [6, 6.07) is 22.0. The van der Waals surface area contributed by atoms with E-state index in [1.165, 1.54) is 12.1 Å². The third kappa shape index (κ3) is 3.78. The average molecular weight is 396 g/mol. The Morgan fingerprint density at radius 1 is 0.833 bits per heavy atom. The molecule has 3 aromatic rings. The zero-order chi connectivity index (χ0) is 21.3. The van der Waals surface area contributed by atoms with E-state index in [9.17, 15) is 14.9 Å². The minimum absolute atomic E-state index is 0.0204. The molecule has 1 heterocycles. The molecule has 3 aromatic carbocycles. The minimum atomic E-state index is -0.438. The molecule has 0 saturated carbocycles. The van der Waals surface area contributed by atoms with Crippen LogP contribution in [0.4, 0.5) is 11.4 Å². The van der Waals surface area contributed by atoms with Gasteiger partial charge in [0.1, 0.15) is 0 Å². The van der Waals surface area contributed by atoms with Crippen LogP contribution < -0.4 is 4.90 Å². The molecule has 30 heavy (non-hydrogen) atoms. The van der Waals surface area contributed by atoms with E-state index in [2.05, 4.69) is 0 Å². The smallest absolute Gasteiger partial charge is 0.269 e. The number of carbonyl (C=O) groups excluding carboxylic acids is 1. The molecule has 0 unspecified atom stereocenters. The van der Waals surface area contributed by atoms with Crippen LogP contribution in [-0.2, 0) is 4.79 Å². The Labute approximate surface area is 174 Å². The number of nitro groups is 1. The van der Waals surface area contributed by atoms with E-state index in [0.717, 1.165) is 33.6 Å². The monoisotopic (exact) mass is 396 g/mol. The molecule has 0 N–H and O–H groups in total. The van der Waals surface area contributed by atoms with Gasteiger partial charge in [-0.05, 0) is 61.4 Å². The van der Waals surface area contributed by atoms with E-state index in [4.69, 9.17) is 0 Å². The molecule has 0 aliphatic carbocycles. The lowest BCUT2D eigenvalue weighted by Gasteiger charge is -2.21. The fourth-order valence-electron chi connectivity index (χ4n) is 3.37. The highest BCUT2D eigenvalue weighted by Gasteiger charge is 2.30. The number of carbonyl (C=O) groups is 1. The van der Waals surface area contributed by atoms with Crippen LogP contribution >= 0.6 is 0 Å². The topological polar surface area (TPSA) is 63.5 Å². The predicted molar refractivity (Wildman–Crippen MR) is 119 cm³/mol. The van der Waals surface area contributed by atoms with E-state index in [1.54, 1.807) is 23.1 Å². The van der Waals surface area contributed by atoms with Gasteiger partial charge in [-0.3, -0.25) is 19.8 Å². The Hall–Kier alpha value is -3.99. The van der Waals surface area contributed by atoms with Crippen molar-refractivity contribution in [3.8, 4) is 0 Å². The number of amides is 1. The number of nitro benzene ring substituents is 1. The summed E-state index contributed by atoms with van der Waals surface area (Å²) in [7, 11) is 0. The first kappa shape index (κ1) is 19.3. The second-order valence-corrected chi connectivity index (χ2v) is 7.32. The third-order valence-corrected chi connectivity index (χ3v) is 5.05. The molecular weight excluding hydrogens is 376 g/mol. The third-order valence-electron chi connectivity index (χ3n) is 5.05. The van der Waals surface area contributed by atoms with Crippen LogP contribution in [0.3, 0.4) is 0 Å². The fourth-order valence-corrected chi connectivity index (χ4v) is 3.37. The number of nitrogens with zero attached hydrogens (tertiary/aromatic N) is 2. The van der Waals surface area contributed by atoms with Crippen molar-refractivity contribution in [3.63, 3.8) is 0 Å². The highest BCUT2D eigenvalue weighted by atomic mass is 16.6. The van der Waals surface area contributed by atoms with Crippen molar-refractivity contribution in [1.29, 1.82) is 0 Å². The van der Waals surface area contributed by atoms with Crippen molar-refractivity contribution in [2.45, 2.75) is 13.8 Å². The first-order valence-corrected chi connectivity index (χ1v) is 9.58. The summed E-state index contributed by atoms with van der Waals surface area (Å²) in [6.07, 6.45) is 3.63. The molecule has 1 aliphatic rings. The summed E-state index contributed by atoms with van der Waals surface area (Å²) in [5.74, 6) is -0.132. The molecule has 0 radical (unpaired) electrons. The fraction of sp³-hybridized carbons (Fsp3) is 0.0800. The molecule has 1 amide bonds. The second-order valence-electron chi connectivity index (χ2n) is 7.32. The number of rotatable bonds is 4. The number of non-ortho nitro benzene ring substituents is 1. The zero-order valence-electron chi connectivity index (χ0n) is 16.7. The summed E-state index contributed by atoms with van der Waals surface area (Å²) >= 11 is 0. The summed E-state index contributed by atoms with van der Waals surface area (Å²) in [4.78, 5) is 25.5. The van der Waals surface area contributed by atoms with Crippen molar-refractivity contribution >= 4 is 29.1 Å². The Morgan fingerprint density at radius 3 is 1.97 bits per heavy atom. The molecule has 0 fully saturated rings. The number of hydrogen-bond donors (Lipinski definition) is 0. The lowest BCUT2D eigenvalue weighted by atomic mass is 10.1. The lowest BCUT2D eigenvalue weighted by Crippen LogP contribution is -2.24. The molecule has 0 aromatic heterocycles. The Balaban J connectivity index is 1.78. The van der Waals surface area contributed by atoms with Gasteiger partial charge in [0.15, 0.2) is 0 Å². The zero-order valence-corrected chi connectivity index (χ0v) is 16.7. The van der Waals surface area contributed by atoms with Gasteiger partial charge in [0.2, 0.25) is 0 Å². The number of anilines is 1. The van der Waals surface area contributed by atoms with Crippen LogP contribution in [0.1, 0.15) is 22.3 Å². The Bertz CT molecular complexity index is 1170. The molecule has 148 valence electrons. The van der Waals surface area contributed by atoms with Gasteiger partial charge in [-0.15, -0.1) is 0 Å². The van der Waals surface area contributed by atoms with E-state index in [-0.39, 0.29) is 11.6 Å². The summed E-state index contributed by atoms with van der Waals surface area (Å²) in [6.45, 7) is 4.03. The van der Waals surface area contributed by atoms with Crippen LogP contribution in [0, 0.1) is 24.0 Å². The molecule has 4 rings (SSSR count). The van der Waals surface area contributed by atoms with Gasteiger partial charge in [0, 0.05) is 23.4 Å². The normalized spacial score (nSPS) is 14.9. The molecular formula is C25H20N2O3. The first-order chi connectivity index (χ1) is 14.4. The van der Waals surface area contributed by atoms with Crippen LogP contribution in [0.2, 0.25) is 0 Å². The van der Waals surface area contributed by atoms with Crippen molar-refractivity contribution in [3.05, 3.63) is 117 Å². The number of benzene rings is 3. The maximum Gasteiger partial charge on any atom is 0.269 e. The van der Waals surface area contributed by atoms with E-state index in [1.807, 2.05) is 68.5 Å². The van der Waals surface area contributed by atoms with E-state index < -0.39 is 4.92 Å². The van der Waals surface area contributed by atoms with Crippen molar-refractivity contribution in [2.75, 3.05) is 4.90 Å². The lowest BCUT2D eigenvalue weighted by molar-refractivity contribution is -0.384. The van der Waals surface area contributed by atoms with Gasteiger partial charge in [0.05, 0.1) is 10.6 Å². The van der Waals surface area contributed by atoms with Crippen LogP contribution in [0.25, 0.3) is 11.8 Å². The summed E-state index contributed by atoms with van der Waals surface area (Å²) in [5, 5.41) is 10.9. The van der Waals surface area contributed by atoms with Crippen molar-refractivity contribution in [2.24, 2.45) is 0 Å². The van der Waals surface area contributed by atoms with Crippen LogP contribution in [0.5, 0.6) is 0 Å². The second kappa shape index (κ2) is 7.79. The highest BCUT2D eigenvalue weighted by molar-refractivity contribution is 6.23. The largest absolute Gasteiger partial charge is 0.276 e. The maximum absolute atomic E-state index is 13.3. The van der Waals surface area contributed by atoms with Gasteiger partial charge >= 0.3 is 0 Å². The number of aryl methyl sites for hydroxylation is 2. The maximum atomic E-state index is 13.3. The Kier molecular flexibility index (Phi) is 5.02. The van der Waals surface area contributed by atoms with Gasteiger partial charge in [-0.25, -0.2) is 0 Å². The molecule has 0 spiro atoms. The van der Waals surface area contributed by atoms with Crippen LogP contribution in [-0.4, -0.2) is 10.8 Å². The van der Waals surface area contributed by atoms with Crippen LogP contribution in [0.15, 0.2) is 84.4 Å². The molecule has 5 nitrogen and oxygen atoms in total. The van der Waals surface area contributed by atoms with Gasteiger partial charge in [-0.1, -0.05) is 47.5 Å². The minimum Gasteiger partial charge on any atom is -0.276 e. The van der Waals surface area contributed by atoms with Gasteiger partial charge in [0.25, 0.3) is 11.6 Å². The predicted octanol–water partition coefficient (Wildman–Crippen LogP) is 5.68. The van der Waals surface area contributed by atoms with E-state index >= 15 is 0 Å². The number of hydrogen-bond acceptors (Lipinski definition) is 3. The highest BCUT2D eigenvalue weighted by Crippen LogP contribution is 2.35. The molecule has 5 heteroatoms. The van der Waals surface area contributed by atoms with Gasteiger partial charge < -0.3 is 0 Å². The average Bonchev–Trinajstić information content (AvgIpc) is 3.06.